The molecule has 0 aliphatic carbocycles. The maximum atomic E-state index is 13.3. The summed E-state index contributed by atoms with van der Waals surface area (Å²) in [4.78, 5) is 20.1. The first-order valence-electron chi connectivity index (χ1n) is 8.84. The van der Waals surface area contributed by atoms with Crippen molar-refractivity contribution in [3.05, 3.63) is 70.4 Å². The molecule has 0 bridgehead atoms. The number of hydrogen-bond acceptors (Lipinski definition) is 4. The molecule has 0 spiro atoms. The number of nitrogens with zero attached hydrogens (tertiary/aromatic N) is 2. The largest absolute Gasteiger partial charge is 0.433 e. The molecule has 0 atom stereocenters. The quantitative estimate of drug-likeness (QED) is 0.372. The predicted molar refractivity (Wildman–Crippen MR) is 113 cm³/mol. The number of anilines is 1. The Hall–Kier alpha value is -2.58. The minimum Gasteiger partial charge on any atom is -0.325 e. The molecule has 0 unspecified atom stereocenters. The number of carbonyl (C=O) groups is 1. The van der Waals surface area contributed by atoms with Crippen LogP contribution >= 0.6 is 23.4 Å². The van der Waals surface area contributed by atoms with Crippen molar-refractivity contribution in [3.8, 4) is 11.3 Å². The molecule has 3 aromatic rings. The van der Waals surface area contributed by atoms with E-state index in [2.05, 4.69) is 15.3 Å². The Kier molecular flexibility index (Phi) is 6.67. The molecule has 4 nitrogen and oxygen atoms in total. The van der Waals surface area contributed by atoms with Crippen molar-refractivity contribution < 1.29 is 18.0 Å². The van der Waals surface area contributed by atoms with Crippen LogP contribution in [0.25, 0.3) is 11.3 Å². The summed E-state index contributed by atoms with van der Waals surface area (Å²) in [5.41, 5.74) is 2.03. The highest BCUT2D eigenvalue weighted by atomic mass is 35.5. The summed E-state index contributed by atoms with van der Waals surface area (Å²) >= 11 is 6.68. The molecule has 156 valence electrons. The fraction of sp³-hybridized carbons (Fsp3) is 0.190. The monoisotopic (exact) mass is 451 g/mol. The lowest BCUT2D eigenvalue weighted by molar-refractivity contribution is -0.141. The summed E-state index contributed by atoms with van der Waals surface area (Å²) in [6.07, 6.45) is -4.64. The molecule has 1 N–H and O–H groups in total. The van der Waals surface area contributed by atoms with E-state index in [0.29, 0.717) is 16.3 Å². The van der Waals surface area contributed by atoms with Crippen LogP contribution in [0.2, 0.25) is 5.02 Å². The van der Waals surface area contributed by atoms with Gasteiger partial charge in [0.1, 0.15) is 5.69 Å². The summed E-state index contributed by atoms with van der Waals surface area (Å²) in [5, 5.41) is 3.09. The first kappa shape index (κ1) is 22.1. The number of benzene rings is 2. The summed E-state index contributed by atoms with van der Waals surface area (Å²) < 4.78 is 39.9. The Labute approximate surface area is 180 Å². The van der Waals surface area contributed by atoms with E-state index in [0.717, 1.165) is 29.0 Å². The zero-order valence-corrected chi connectivity index (χ0v) is 17.6. The van der Waals surface area contributed by atoms with Gasteiger partial charge in [-0.1, -0.05) is 47.6 Å². The highest BCUT2D eigenvalue weighted by molar-refractivity contribution is 7.99. The van der Waals surface area contributed by atoms with E-state index >= 15 is 0 Å². The molecule has 3 rings (SSSR count). The molecule has 0 radical (unpaired) electrons. The average molecular weight is 452 g/mol. The number of alkyl halides is 3. The Bertz CT molecular complexity index is 1070. The van der Waals surface area contributed by atoms with Gasteiger partial charge in [-0.15, -0.1) is 0 Å². The molecule has 0 aliphatic rings. The Morgan fingerprint density at radius 1 is 1.07 bits per heavy atom. The summed E-state index contributed by atoms with van der Waals surface area (Å²) in [5.74, 6) is -0.489. The van der Waals surface area contributed by atoms with E-state index < -0.39 is 11.9 Å². The van der Waals surface area contributed by atoms with Crippen LogP contribution in [-0.2, 0) is 11.0 Å². The molecular formula is C21H17ClF3N3OS. The van der Waals surface area contributed by atoms with Crippen LogP contribution in [-0.4, -0.2) is 21.6 Å². The van der Waals surface area contributed by atoms with Crippen LogP contribution in [0, 0.1) is 13.8 Å². The number of amides is 1. The van der Waals surface area contributed by atoms with E-state index in [1.54, 1.807) is 24.3 Å². The van der Waals surface area contributed by atoms with Crippen LogP contribution in [0.3, 0.4) is 0 Å². The highest BCUT2D eigenvalue weighted by Crippen LogP contribution is 2.32. The van der Waals surface area contributed by atoms with Crippen molar-refractivity contribution in [1.29, 1.82) is 0 Å². The van der Waals surface area contributed by atoms with Crippen molar-refractivity contribution in [2.45, 2.75) is 25.2 Å². The summed E-state index contributed by atoms with van der Waals surface area (Å²) in [7, 11) is 0. The van der Waals surface area contributed by atoms with Gasteiger partial charge in [0.05, 0.1) is 11.4 Å². The van der Waals surface area contributed by atoms with Crippen molar-refractivity contribution >= 4 is 35.0 Å². The summed E-state index contributed by atoms with van der Waals surface area (Å²) in [6.45, 7) is 3.76. The normalized spacial score (nSPS) is 11.4. The fourth-order valence-corrected chi connectivity index (χ4v) is 3.37. The lowest BCUT2D eigenvalue weighted by atomic mass is 10.1. The Morgan fingerprint density at radius 3 is 2.43 bits per heavy atom. The van der Waals surface area contributed by atoms with Gasteiger partial charge in [0.15, 0.2) is 5.16 Å². The molecule has 0 saturated heterocycles. The summed E-state index contributed by atoms with van der Waals surface area (Å²) in [6, 6.07) is 12.8. The van der Waals surface area contributed by atoms with Crippen LogP contribution in [0.4, 0.5) is 18.9 Å². The van der Waals surface area contributed by atoms with Gasteiger partial charge in [-0.05, 0) is 49.2 Å². The van der Waals surface area contributed by atoms with Crippen molar-refractivity contribution in [3.63, 3.8) is 0 Å². The van der Waals surface area contributed by atoms with Gasteiger partial charge in [-0.25, -0.2) is 9.97 Å². The van der Waals surface area contributed by atoms with Gasteiger partial charge in [0, 0.05) is 16.3 Å². The number of aromatic nitrogens is 2. The van der Waals surface area contributed by atoms with Gasteiger partial charge in [0.25, 0.3) is 0 Å². The van der Waals surface area contributed by atoms with Crippen LogP contribution < -0.4 is 5.32 Å². The molecule has 0 fully saturated rings. The maximum absolute atomic E-state index is 13.3. The van der Waals surface area contributed by atoms with E-state index in [9.17, 15) is 18.0 Å². The van der Waals surface area contributed by atoms with Crippen LogP contribution in [0.15, 0.2) is 53.7 Å². The Morgan fingerprint density at radius 2 is 1.77 bits per heavy atom. The molecule has 1 aromatic heterocycles. The van der Waals surface area contributed by atoms with Crippen molar-refractivity contribution in [2.24, 2.45) is 0 Å². The molecule has 0 aliphatic heterocycles. The molecule has 1 amide bonds. The topological polar surface area (TPSA) is 54.9 Å². The van der Waals surface area contributed by atoms with E-state index in [-0.39, 0.29) is 22.5 Å². The van der Waals surface area contributed by atoms with Crippen LogP contribution in [0.1, 0.15) is 16.8 Å². The number of nitrogens with one attached hydrogen (secondary N) is 1. The second-order valence-corrected chi connectivity index (χ2v) is 7.96. The SMILES string of the molecule is Cc1ccc(C)c(NC(=O)CSc2nc(-c3ccc(Cl)cc3)cc(C(F)(F)F)n2)c1. The standard InChI is InChI=1S/C21H17ClF3N3OS/c1-12-3-4-13(2)16(9-12)26-19(29)11-30-20-27-17(10-18(28-20)21(23,24)25)14-5-7-15(22)8-6-14/h3-10H,11H2,1-2H3,(H,26,29). The average Bonchev–Trinajstić information content (AvgIpc) is 2.69. The smallest absolute Gasteiger partial charge is 0.325 e. The van der Waals surface area contributed by atoms with E-state index in [1.165, 1.54) is 0 Å². The van der Waals surface area contributed by atoms with E-state index in [1.807, 2.05) is 32.0 Å². The first-order chi connectivity index (χ1) is 14.1. The highest BCUT2D eigenvalue weighted by Gasteiger charge is 2.34. The predicted octanol–water partition coefficient (Wildman–Crippen LogP) is 6.16. The maximum Gasteiger partial charge on any atom is 0.433 e. The molecule has 2 aromatic carbocycles. The van der Waals surface area contributed by atoms with Gasteiger partial charge in [-0.3, -0.25) is 4.79 Å². The fourth-order valence-electron chi connectivity index (χ4n) is 2.59. The Balaban J connectivity index is 1.80. The van der Waals surface area contributed by atoms with Gasteiger partial charge in [0.2, 0.25) is 5.91 Å². The number of carbonyl (C=O) groups excluding carboxylic acids is 1. The number of halogens is 4. The van der Waals surface area contributed by atoms with Gasteiger partial charge < -0.3 is 5.32 Å². The third-order valence-electron chi connectivity index (χ3n) is 4.14. The minimum atomic E-state index is -4.64. The third-order valence-corrected chi connectivity index (χ3v) is 5.23. The zero-order valence-electron chi connectivity index (χ0n) is 16.0. The minimum absolute atomic E-state index is 0.103. The van der Waals surface area contributed by atoms with Gasteiger partial charge in [-0.2, -0.15) is 13.2 Å². The number of thioether (sulfide) groups is 1. The van der Waals surface area contributed by atoms with Gasteiger partial charge >= 0.3 is 6.18 Å². The molecule has 30 heavy (non-hydrogen) atoms. The second kappa shape index (κ2) is 9.06. The number of hydrogen-bond donors (Lipinski definition) is 1. The van der Waals surface area contributed by atoms with Crippen molar-refractivity contribution in [1.82, 2.24) is 9.97 Å². The third kappa shape index (κ3) is 5.73. The van der Waals surface area contributed by atoms with Crippen molar-refractivity contribution in [2.75, 3.05) is 11.1 Å². The van der Waals surface area contributed by atoms with Crippen LogP contribution in [0.5, 0.6) is 0 Å². The molecule has 1 heterocycles. The zero-order chi connectivity index (χ0) is 21.9. The number of rotatable bonds is 5. The second-order valence-electron chi connectivity index (χ2n) is 6.58. The van der Waals surface area contributed by atoms with E-state index in [4.69, 9.17) is 11.6 Å². The molecule has 9 heteroatoms. The first-order valence-corrected chi connectivity index (χ1v) is 10.2. The molecule has 0 saturated carbocycles. The lowest BCUT2D eigenvalue weighted by Gasteiger charge is -2.11. The number of aryl methyl sites for hydroxylation is 2. The molecular weight excluding hydrogens is 435 g/mol. The lowest BCUT2D eigenvalue weighted by Crippen LogP contribution is -2.16.